The van der Waals surface area contributed by atoms with E-state index in [1.807, 2.05) is 49.4 Å². The second-order valence-electron chi connectivity index (χ2n) is 8.91. The molecular weight excluding hydrogens is 436 g/mol. The molecular formula is C28H30N6O. The number of anilines is 1. The Hall–Kier alpha value is -3.86. The maximum absolute atomic E-state index is 10.1. The molecule has 0 N–H and O–H groups in total. The minimum atomic E-state index is -0.0264. The Labute approximate surface area is 207 Å². The molecule has 0 atom stereocenters. The van der Waals surface area contributed by atoms with Crippen LogP contribution in [0, 0.1) is 34.0 Å². The largest absolute Gasteiger partial charge is 0.477 e. The summed E-state index contributed by atoms with van der Waals surface area (Å²) in [5.74, 6) is 0.945. The first-order valence-electron chi connectivity index (χ1n) is 12.4. The highest BCUT2D eigenvalue weighted by atomic mass is 16.5. The molecule has 35 heavy (non-hydrogen) atoms. The summed E-state index contributed by atoms with van der Waals surface area (Å²) in [6, 6.07) is 16.4. The Morgan fingerprint density at radius 2 is 1.71 bits per heavy atom. The number of rotatable bonds is 6. The number of hydrogen-bond donors (Lipinski definition) is 0. The smallest absolute Gasteiger partial charge is 0.234 e. The van der Waals surface area contributed by atoms with Gasteiger partial charge in [0, 0.05) is 30.3 Å². The highest BCUT2D eigenvalue weighted by Gasteiger charge is 2.30. The van der Waals surface area contributed by atoms with E-state index >= 15 is 0 Å². The zero-order valence-electron chi connectivity index (χ0n) is 20.2. The van der Waals surface area contributed by atoms with E-state index in [4.69, 9.17) is 9.72 Å². The van der Waals surface area contributed by atoms with Crippen molar-refractivity contribution in [3.8, 4) is 35.2 Å². The van der Waals surface area contributed by atoms with Crippen LogP contribution >= 0.6 is 0 Å². The van der Waals surface area contributed by atoms with Crippen LogP contribution in [-0.4, -0.2) is 48.7 Å². The molecule has 0 radical (unpaired) electrons. The summed E-state index contributed by atoms with van der Waals surface area (Å²) in [6.07, 6.45) is 7.49. The molecule has 1 aromatic carbocycles. The van der Waals surface area contributed by atoms with E-state index in [0.717, 1.165) is 31.5 Å². The highest BCUT2D eigenvalue weighted by molar-refractivity contribution is 5.89. The van der Waals surface area contributed by atoms with E-state index in [1.165, 1.54) is 32.4 Å². The third kappa shape index (κ3) is 5.29. The lowest BCUT2D eigenvalue weighted by Gasteiger charge is -2.41. The molecule has 178 valence electrons. The number of nitrogens with zero attached hydrogens (tertiary/aromatic N) is 6. The van der Waals surface area contributed by atoms with Crippen LogP contribution in [0.4, 0.5) is 5.82 Å². The van der Waals surface area contributed by atoms with Crippen LogP contribution in [0.5, 0.6) is 5.88 Å². The molecule has 2 aliphatic rings. The molecule has 7 heteroatoms. The second-order valence-corrected chi connectivity index (χ2v) is 8.91. The zero-order valence-corrected chi connectivity index (χ0v) is 20.2. The van der Waals surface area contributed by atoms with E-state index < -0.39 is 0 Å². The highest BCUT2D eigenvalue weighted by Crippen LogP contribution is 2.40. The number of piperidine rings is 2. The molecule has 2 aliphatic heterocycles. The molecule has 2 fully saturated rings. The van der Waals surface area contributed by atoms with Crippen molar-refractivity contribution in [3.05, 3.63) is 47.0 Å². The van der Waals surface area contributed by atoms with Crippen molar-refractivity contribution in [3.63, 3.8) is 0 Å². The number of ether oxygens (including phenoxy) is 1. The number of hydrogen-bond acceptors (Lipinski definition) is 7. The summed E-state index contributed by atoms with van der Waals surface area (Å²) < 4.78 is 5.83. The van der Waals surface area contributed by atoms with Crippen molar-refractivity contribution in [1.82, 2.24) is 9.88 Å². The first kappa shape index (κ1) is 24.3. The van der Waals surface area contributed by atoms with E-state index in [0.29, 0.717) is 35.2 Å². The van der Waals surface area contributed by atoms with E-state index in [1.54, 1.807) is 6.08 Å². The fourth-order valence-electron chi connectivity index (χ4n) is 5.15. The summed E-state index contributed by atoms with van der Waals surface area (Å²) >= 11 is 0. The number of allylic oxidation sites excluding steroid dienone is 1. The van der Waals surface area contributed by atoms with Gasteiger partial charge in [0.1, 0.15) is 35.2 Å². The van der Waals surface area contributed by atoms with Gasteiger partial charge in [-0.15, -0.1) is 0 Å². The minimum absolute atomic E-state index is 0.0264. The van der Waals surface area contributed by atoms with Gasteiger partial charge in [0.25, 0.3) is 0 Å². The Morgan fingerprint density at radius 3 is 2.31 bits per heavy atom. The van der Waals surface area contributed by atoms with Crippen LogP contribution < -0.4 is 9.64 Å². The molecule has 0 aliphatic carbocycles. The lowest BCUT2D eigenvalue weighted by molar-refractivity contribution is 0.141. The average molecular weight is 467 g/mol. The van der Waals surface area contributed by atoms with Gasteiger partial charge < -0.3 is 14.5 Å². The topological polar surface area (TPSA) is 100.0 Å². The summed E-state index contributed by atoms with van der Waals surface area (Å²) in [5.41, 5.74) is 2.36. The van der Waals surface area contributed by atoms with Crippen LogP contribution in [0.1, 0.15) is 50.2 Å². The predicted octanol–water partition coefficient (Wildman–Crippen LogP) is 4.90. The molecule has 0 spiro atoms. The molecule has 2 saturated heterocycles. The van der Waals surface area contributed by atoms with Gasteiger partial charge in [-0.25, -0.2) is 0 Å². The van der Waals surface area contributed by atoms with Gasteiger partial charge in [0.05, 0.1) is 6.61 Å². The van der Waals surface area contributed by atoms with Gasteiger partial charge >= 0.3 is 0 Å². The maximum atomic E-state index is 10.1. The Morgan fingerprint density at radius 1 is 1.03 bits per heavy atom. The average Bonchev–Trinajstić information content (AvgIpc) is 2.93. The van der Waals surface area contributed by atoms with E-state index in [9.17, 15) is 15.8 Å². The molecule has 0 bridgehead atoms. The van der Waals surface area contributed by atoms with E-state index in [2.05, 4.69) is 15.9 Å². The van der Waals surface area contributed by atoms with Crippen molar-refractivity contribution < 1.29 is 4.74 Å². The number of benzene rings is 1. The third-order valence-electron chi connectivity index (χ3n) is 6.84. The lowest BCUT2D eigenvalue weighted by atomic mass is 9.93. The van der Waals surface area contributed by atoms with Crippen molar-refractivity contribution in [2.45, 2.75) is 45.1 Å². The van der Waals surface area contributed by atoms with Crippen LogP contribution in [0.2, 0.25) is 0 Å². The Kier molecular flexibility index (Phi) is 7.99. The van der Waals surface area contributed by atoms with Gasteiger partial charge in [-0.3, -0.25) is 0 Å². The quantitative estimate of drug-likeness (QED) is 0.558. The van der Waals surface area contributed by atoms with Gasteiger partial charge in [0.15, 0.2) is 0 Å². The van der Waals surface area contributed by atoms with Crippen LogP contribution in [-0.2, 0) is 0 Å². The number of likely N-dealkylation sites (tertiary alicyclic amines) is 1. The van der Waals surface area contributed by atoms with Crippen molar-refractivity contribution >= 4 is 11.9 Å². The summed E-state index contributed by atoms with van der Waals surface area (Å²) in [5, 5.41) is 29.1. The fraction of sp³-hybridized carbons (Fsp3) is 0.429. The summed E-state index contributed by atoms with van der Waals surface area (Å²) in [7, 11) is 0. The molecule has 7 nitrogen and oxygen atoms in total. The van der Waals surface area contributed by atoms with Crippen LogP contribution in [0.25, 0.3) is 17.2 Å². The van der Waals surface area contributed by atoms with Crippen molar-refractivity contribution in [2.75, 3.05) is 37.7 Å². The molecule has 4 rings (SSSR count). The Bertz CT molecular complexity index is 1170. The monoisotopic (exact) mass is 466 g/mol. The van der Waals surface area contributed by atoms with Gasteiger partial charge in [-0.1, -0.05) is 36.8 Å². The summed E-state index contributed by atoms with van der Waals surface area (Å²) in [4.78, 5) is 9.65. The SMILES string of the molecule is CCOc1nc(N2CCC(N3CCCCC3)CC2)c(C=C(C#N)C#N)c(-c2ccccc2)c1C#N. The lowest BCUT2D eigenvalue weighted by Crippen LogP contribution is -2.47. The first-order chi connectivity index (χ1) is 17.2. The molecule has 0 saturated carbocycles. The third-order valence-corrected chi connectivity index (χ3v) is 6.84. The van der Waals surface area contributed by atoms with Gasteiger partial charge in [-0.05, 0) is 57.3 Å². The Balaban J connectivity index is 1.82. The molecule has 1 aromatic heterocycles. The minimum Gasteiger partial charge on any atom is -0.477 e. The van der Waals surface area contributed by atoms with E-state index in [-0.39, 0.29) is 11.5 Å². The molecule has 3 heterocycles. The zero-order chi connectivity index (χ0) is 24.6. The van der Waals surface area contributed by atoms with Gasteiger partial charge in [0.2, 0.25) is 5.88 Å². The standard InChI is InChI=1S/C28H30N6O/c1-2-35-28-25(20-31)26(22-9-5-3-6-10-22)24(17-21(18-29)19-30)27(32-28)34-15-11-23(12-16-34)33-13-7-4-8-14-33/h3,5-6,9-10,17,23H,2,4,7-8,11-16H2,1H3. The van der Waals surface area contributed by atoms with Crippen LogP contribution in [0.15, 0.2) is 35.9 Å². The van der Waals surface area contributed by atoms with Gasteiger partial charge in [-0.2, -0.15) is 20.8 Å². The maximum Gasteiger partial charge on any atom is 0.234 e. The summed E-state index contributed by atoms with van der Waals surface area (Å²) in [6.45, 7) is 6.22. The number of pyridine rings is 1. The molecule has 0 amide bonds. The molecule has 0 unspecified atom stereocenters. The normalized spacial score (nSPS) is 16.6. The van der Waals surface area contributed by atoms with Crippen molar-refractivity contribution in [2.24, 2.45) is 0 Å². The number of aromatic nitrogens is 1. The molecule has 2 aromatic rings. The van der Waals surface area contributed by atoms with Crippen LogP contribution in [0.3, 0.4) is 0 Å². The van der Waals surface area contributed by atoms with Crippen molar-refractivity contribution in [1.29, 1.82) is 15.8 Å². The predicted molar refractivity (Wildman–Crippen MR) is 135 cm³/mol. The fourth-order valence-corrected chi connectivity index (χ4v) is 5.15. The first-order valence-corrected chi connectivity index (χ1v) is 12.4. The number of nitriles is 3. The second kappa shape index (κ2) is 11.5.